The van der Waals surface area contributed by atoms with Gasteiger partial charge in [0, 0.05) is 23.2 Å². The van der Waals surface area contributed by atoms with Crippen LogP contribution >= 0.6 is 15.9 Å². The van der Waals surface area contributed by atoms with Gasteiger partial charge in [-0.3, -0.25) is 14.3 Å². The van der Waals surface area contributed by atoms with Crippen LogP contribution in [0, 0.1) is 6.92 Å². The Labute approximate surface area is 171 Å². The number of hydrogen-bond acceptors (Lipinski definition) is 3. The predicted octanol–water partition coefficient (Wildman–Crippen LogP) is 3.91. The molecule has 0 saturated heterocycles. The third-order valence-corrected chi connectivity index (χ3v) is 4.90. The lowest BCUT2D eigenvalue weighted by Crippen LogP contribution is -2.22. The van der Waals surface area contributed by atoms with Gasteiger partial charge in [0.1, 0.15) is 11.4 Å². The number of methoxy groups -OCH3 is 1. The SMILES string of the molecule is COc1ccc(Br)cc1/C=C/C(=O)Nc1c(C)n(C)n(-c2ccccc2)c1=O. The third-order valence-electron chi connectivity index (χ3n) is 4.41. The number of para-hydroxylation sites is 1. The first kappa shape index (κ1) is 19.7. The number of nitrogens with one attached hydrogen (secondary N) is 1. The molecule has 1 amide bonds. The van der Waals surface area contributed by atoms with E-state index >= 15 is 0 Å². The van der Waals surface area contributed by atoms with E-state index in [2.05, 4.69) is 21.2 Å². The number of hydrogen-bond donors (Lipinski definition) is 1. The predicted molar refractivity (Wildman–Crippen MR) is 114 cm³/mol. The van der Waals surface area contributed by atoms with Crippen molar-refractivity contribution in [3.8, 4) is 11.4 Å². The smallest absolute Gasteiger partial charge is 0.295 e. The summed E-state index contributed by atoms with van der Waals surface area (Å²) in [7, 11) is 3.35. The average Bonchev–Trinajstić information content (AvgIpc) is 2.90. The highest BCUT2D eigenvalue weighted by molar-refractivity contribution is 9.10. The molecule has 6 nitrogen and oxygen atoms in total. The van der Waals surface area contributed by atoms with E-state index in [0.29, 0.717) is 11.4 Å². The van der Waals surface area contributed by atoms with Gasteiger partial charge in [-0.15, -0.1) is 0 Å². The van der Waals surface area contributed by atoms with Crippen LogP contribution in [0.4, 0.5) is 5.69 Å². The maximum absolute atomic E-state index is 12.8. The maximum atomic E-state index is 12.8. The number of halogens is 1. The Kier molecular flexibility index (Phi) is 5.84. The standard InChI is InChI=1S/C21H20BrN3O3/c1-14-20(21(27)25(24(14)2)17-7-5-4-6-8-17)23-19(26)12-9-15-13-16(22)10-11-18(15)28-3/h4-13H,1-3H3,(H,23,26)/b12-9+. The Bertz CT molecular complexity index is 1100. The van der Waals surface area contributed by atoms with Crippen LogP contribution < -0.4 is 15.6 Å². The van der Waals surface area contributed by atoms with Crippen LogP contribution in [-0.4, -0.2) is 22.4 Å². The Morgan fingerprint density at radius 1 is 1.18 bits per heavy atom. The van der Waals surface area contributed by atoms with Crippen LogP contribution in [0.2, 0.25) is 0 Å². The molecule has 0 saturated carbocycles. The van der Waals surface area contributed by atoms with Crippen LogP contribution in [0.3, 0.4) is 0 Å². The van der Waals surface area contributed by atoms with Gasteiger partial charge in [0.2, 0.25) is 5.91 Å². The highest BCUT2D eigenvalue weighted by Crippen LogP contribution is 2.24. The van der Waals surface area contributed by atoms with Crippen molar-refractivity contribution >= 4 is 33.6 Å². The van der Waals surface area contributed by atoms with Crippen molar-refractivity contribution in [2.24, 2.45) is 7.05 Å². The van der Waals surface area contributed by atoms with Gasteiger partial charge < -0.3 is 10.1 Å². The van der Waals surface area contributed by atoms with Crippen molar-refractivity contribution in [2.45, 2.75) is 6.92 Å². The van der Waals surface area contributed by atoms with E-state index in [4.69, 9.17) is 4.74 Å². The molecule has 28 heavy (non-hydrogen) atoms. The molecule has 0 radical (unpaired) electrons. The van der Waals surface area contributed by atoms with Crippen molar-refractivity contribution in [2.75, 3.05) is 12.4 Å². The Balaban J connectivity index is 1.88. The molecule has 0 aliphatic rings. The molecular weight excluding hydrogens is 422 g/mol. The number of aromatic nitrogens is 2. The summed E-state index contributed by atoms with van der Waals surface area (Å²) in [5.74, 6) is 0.252. The molecule has 2 aromatic carbocycles. The molecule has 0 fully saturated rings. The molecule has 1 aromatic heterocycles. The van der Waals surface area contributed by atoms with Gasteiger partial charge in [-0.2, -0.15) is 0 Å². The van der Waals surface area contributed by atoms with E-state index in [0.717, 1.165) is 15.7 Å². The Hall–Kier alpha value is -3.06. The van der Waals surface area contributed by atoms with E-state index < -0.39 is 5.91 Å². The summed E-state index contributed by atoms with van der Waals surface area (Å²) in [5, 5.41) is 2.70. The van der Waals surface area contributed by atoms with E-state index in [1.807, 2.05) is 48.5 Å². The second-order valence-corrected chi connectivity index (χ2v) is 7.06. The lowest BCUT2D eigenvalue weighted by atomic mass is 10.2. The number of anilines is 1. The first-order valence-corrected chi connectivity index (χ1v) is 9.38. The molecule has 0 unspecified atom stereocenters. The number of benzene rings is 2. The number of ether oxygens (including phenoxy) is 1. The number of carbonyl (C=O) groups excluding carboxylic acids is 1. The lowest BCUT2D eigenvalue weighted by Gasteiger charge is -2.07. The molecule has 0 aliphatic carbocycles. The second kappa shape index (κ2) is 8.31. The number of rotatable bonds is 5. The highest BCUT2D eigenvalue weighted by atomic mass is 79.9. The molecule has 7 heteroatoms. The third kappa shape index (κ3) is 3.94. The molecule has 0 bridgehead atoms. The van der Waals surface area contributed by atoms with Gasteiger partial charge in [-0.05, 0) is 43.3 Å². The summed E-state index contributed by atoms with van der Waals surface area (Å²) < 4.78 is 9.41. The maximum Gasteiger partial charge on any atom is 0.295 e. The normalized spacial score (nSPS) is 11.0. The fourth-order valence-electron chi connectivity index (χ4n) is 2.88. The second-order valence-electron chi connectivity index (χ2n) is 6.15. The Morgan fingerprint density at radius 2 is 1.89 bits per heavy atom. The fourth-order valence-corrected chi connectivity index (χ4v) is 3.26. The van der Waals surface area contributed by atoms with Gasteiger partial charge in [0.05, 0.1) is 18.5 Å². The van der Waals surface area contributed by atoms with Crippen molar-refractivity contribution in [1.82, 2.24) is 9.36 Å². The summed E-state index contributed by atoms with van der Waals surface area (Å²) in [6.45, 7) is 1.79. The molecular formula is C21H20BrN3O3. The van der Waals surface area contributed by atoms with E-state index in [-0.39, 0.29) is 11.2 Å². The van der Waals surface area contributed by atoms with Gasteiger partial charge >= 0.3 is 0 Å². The minimum absolute atomic E-state index is 0.252. The van der Waals surface area contributed by atoms with Gasteiger partial charge in [-0.25, -0.2) is 4.68 Å². The molecule has 0 atom stereocenters. The minimum Gasteiger partial charge on any atom is -0.496 e. The molecule has 1 N–H and O–H groups in total. The highest BCUT2D eigenvalue weighted by Gasteiger charge is 2.17. The van der Waals surface area contributed by atoms with Crippen molar-refractivity contribution in [1.29, 1.82) is 0 Å². The summed E-state index contributed by atoms with van der Waals surface area (Å²) in [4.78, 5) is 25.3. The van der Waals surface area contributed by atoms with Crippen molar-refractivity contribution in [3.63, 3.8) is 0 Å². The molecule has 1 heterocycles. The molecule has 3 rings (SSSR count). The van der Waals surface area contributed by atoms with Gasteiger partial charge in [0.25, 0.3) is 5.56 Å². The lowest BCUT2D eigenvalue weighted by molar-refractivity contribution is -0.111. The first-order valence-electron chi connectivity index (χ1n) is 8.59. The van der Waals surface area contributed by atoms with Crippen LogP contribution in [-0.2, 0) is 11.8 Å². The zero-order chi connectivity index (χ0) is 20.3. The number of nitrogens with zero attached hydrogens (tertiary/aromatic N) is 2. The molecule has 144 valence electrons. The topological polar surface area (TPSA) is 65.3 Å². The zero-order valence-electron chi connectivity index (χ0n) is 15.8. The minimum atomic E-state index is -0.395. The zero-order valence-corrected chi connectivity index (χ0v) is 17.4. The summed E-state index contributed by atoms with van der Waals surface area (Å²) >= 11 is 3.40. The fraction of sp³-hybridized carbons (Fsp3) is 0.143. The van der Waals surface area contributed by atoms with Crippen LogP contribution in [0.1, 0.15) is 11.3 Å². The summed E-state index contributed by atoms with van der Waals surface area (Å²) in [6, 6.07) is 14.8. The average molecular weight is 442 g/mol. The largest absolute Gasteiger partial charge is 0.496 e. The number of carbonyl (C=O) groups is 1. The van der Waals surface area contributed by atoms with Crippen LogP contribution in [0.15, 0.2) is 63.9 Å². The quantitative estimate of drug-likeness (QED) is 0.610. The van der Waals surface area contributed by atoms with Gasteiger partial charge in [-0.1, -0.05) is 34.1 Å². The summed E-state index contributed by atoms with van der Waals surface area (Å²) in [5.41, 5.74) is 2.11. The summed E-state index contributed by atoms with van der Waals surface area (Å²) in [6.07, 6.45) is 3.02. The first-order chi connectivity index (χ1) is 13.4. The number of amides is 1. The van der Waals surface area contributed by atoms with Gasteiger partial charge in [0.15, 0.2) is 0 Å². The van der Waals surface area contributed by atoms with Crippen molar-refractivity contribution < 1.29 is 9.53 Å². The van der Waals surface area contributed by atoms with Crippen molar-refractivity contribution in [3.05, 3.63) is 80.7 Å². The Morgan fingerprint density at radius 3 is 2.57 bits per heavy atom. The van der Waals surface area contributed by atoms with E-state index in [1.54, 1.807) is 31.8 Å². The van der Waals surface area contributed by atoms with Crippen LogP contribution in [0.5, 0.6) is 5.75 Å². The molecule has 3 aromatic rings. The molecule has 0 aliphatic heterocycles. The van der Waals surface area contributed by atoms with E-state index in [1.165, 1.54) is 10.8 Å². The molecule has 0 spiro atoms. The van der Waals surface area contributed by atoms with E-state index in [9.17, 15) is 9.59 Å². The van der Waals surface area contributed by atoms with Crippen LogP contribution in [0.25, 0.3) is 11.8 Å². The monoisotopic (exact) mass is 441 g/mol.